The Kier molecular flexibility index (Phi) is 3.58. The fourth-order valence-electron chi connectivity index (χ4n) is 2.33. The van der Waals surface area contributed by atoms with Crippen molar-refractivity contribution in [1.29, 1.82) is 0 Å². The van der Waals surface area contributed by atoms with Gasteiger partial charge in [0.2, 0.25) is 0 Å². The Bertz CT molecular complexity index is 654. The van der Waals surface area contributed by atoms with Crippen LogP contribution in [0.3, 0.4) is 0 Å². The minimum Gasteiger partial charge on any atom is -0.444 e. The van der Waals surface area contributed by atoms with Crippen molar-refractivity contribution in [1.82, 2.24) is 4.90 Å². The van der Waals surface area contributed by atoms with E-state index in [0.717, 1.165) is 11.2 Å². The predicted octanol–water partition coefficient (Wildman–Crippen LogP) is 2.78. The molecule has 1 saturated heterocycles. The van der Waals surface area contributed by atoms with Crippen molar-refractivity contribution in [3.63, 3.8) is 0 Å². The monoisotopic (exact) mass is 341 g/mol. The highest BCUT2D eigenvalue weighted by molar-refractivity contribution is 7.85. The van der Waals surface area contributed by atoms with Gasteiger partial charge in [0, 0.05) is 20.3 Å². The lowest BCUT2D eigenvalue weighted by Crippen LogP contribution is -2.45. The lowest BCUT2D eigenvalue weighted by Gasteiger charge is -2.33. The summed E-state index contributed by atoms with van der Waals surface area (Å²) in [6, 6.07) is 0. The highest BCUT2D eigenvalue weighted by atomic mass is 32.2. The largest absolute Gasteiger partial charge is 0.444 e. The molecular weight excluding hydrogens is 306 g/mol. The van der Waals surface area contributed by atoms with Crippen LogP contribution in [0.5, 0.6) is 0 Å². The van der Waals surface area contributed by atoms with Gasteiger partial charge in [0.25, 0.3) is 10.1 Å². The number of hydrogen-bond acceptors (Lipinski definition) is 5. The van der Waals surface area contributed by atoms with E-state index in [1.54, 1.807) is 20.8 Å². The Hall–Kier alpha value is -0.820. The normalized spacial score (nSPS) is 27.1. The number of likely N-dealkylation sites (tertiary alicyclic amines) is 1. The van der Waals surface area contributed by atoms with E-state index in [4.69, 9.17) is 13.0 Å². The average molecular weight is 342 g/mol. The van der Waals surface area contributed by atoms with Crippen molar-refractivity contribution in [2.75, 3.05) is 19.4 Å². The summed E-state index contributed by atoms with van der Waals surface area (Å²) in [6.07, 6.45) is 0.245. The van der Waals surface area contributed by atoms with Crippen LogP contribution in [-0.2, 0) is 19.0 Å². The van der Waals surface area contributed by atoms with Gasteiger partial charge in [-0.05, 0) is 59.7 Å². The molecule has 1 fully saturated rings. The molecule has 0 N–H and O–H groups in total. The predicted molar refractivity (Wildman–Crippen MR) is 85.2 cm³/mol. The van der Waals surface area contributed by atoms with Crippen LogP contribution in [0.1, 0.15) is 62.0 Å². The number of nitrogens with zero attached hydrogens (tertiary/aromatic N) is 1. The smallest absolute Gasteiger partial charge is 0.410 e. The number of amides is 1. The molecule has 1 aliphatic heterocycles. The summed E-state index contributed by atoms with van der Waals surface area (Å²) < 4.78 is 79.3. The van der Waals surface area contributed by atoms with Gasteiger partial charge in [-0.2, -0.15) is 8.42 Å². The first kappa shape index (κ1) is 11.7. The highest BCUT2D eigenvalue weighted by Crippen LogP contribution is 2.36. The van der Waals surface area contributed by atoms with Crippen LogP contribution in [0, 0.1) is 5.92 Å². The van der Waals surface area contributed by atoms with Crippen LogP contribution < -0.4 is 0 Å². The third-order valence-corrected chi connectivity index (χ3v) is 3.75. The minimum absolute atomic E-state index is 0.101. The number of carbonyl (C=O) groups excluding carboxylic acids is 1. The minimum atomic E-state index is -3.60. The van der Waals surface area contributed by atoms with Gasteiger partial charge in [-0.3, -0.25) is 4.18 Å². The van der Waals surface area contributed by atoms with E-state index in [-0.39, 0.29) is 26.0 Å². The van der Waals surface area contributed by atoms with Gasteiger partial charge in [0.15, 0.2) is 0 Å². The lowest BCUT2D eigenvalue weighted by molar-refractivity contribution is 0.0131. The fourth-order valence-corrected chi connectivity index (χ4v) is 2.75. The molecule has 130 valence electrons. The molecule has 7 heteroatoms. The maximum absolute atomic E-state index is 12.7. The van der Waals surface area contributed by atoms with Crippen molar-refractivity contribution in [2.24, 2.45) is 5.92 Å². The topological polar surface area (TPSA) is 72.9 Å². The quantitative estimate of drug-likeness (QED) is 0.568. The molecule has 0 spiro atoms. The molecule has 0 saturated carbocycles. The van der Waals surface area contributed by atoms with Crippen molar-refractivity contribution >= 4 is 16.2 Å². The average Bonchev–Trinajstić information content (AvgIpc) is 2.81. The zero-order valence-electron chi connectivity index (χ0n) is 19.5. The van der Waals surface area contributed by atoms with E-state index in [0.29, 0.717) is 6.42 Å². The molecule has 6 nitrogen and oxygen atoms in total. The molecule has 0 aromatic carbocycles. The van der Waals surface area contributed by atoms with E-state index in [2.05, 4.69) is 4.18 Å². The second-order valence-electron chi connectivity index (χ2n) is 6.69. The molecule has 1 atom stereocenters. The van der Waals surface area contributed by atoms with Crippen LogP contribution in [0.25, 0.3) is 0 Å². The van der Waals surface area contributed by atoms with Gasteiger partial charge in [-0.15, -0.1) is 0 Å². The van der Waals surface area contributed by atoms with Gasteiger partial charge in [-0.25, -0.2) is 4.79 Å². The summed E-state index contributed by atoms with van der Waals surface area (Å²) >= 11 is 0. The molecule has 0 aromatic heterocycles. The van der Waals surface area contributed by atoms with E-state index in [1.165, 1.54) is 0 Å². The Balaban J connectivity index is 3.12. The van der Waals surface area contributed by atoms with Crippen LogP contribution in [-0.4, -0.2) is 50.0 Å². The SMILES string of the molecule is [2H]C([2H])([2H])C1(C([2H])([2H])[2H])C[C@H](CCCOS(C)(=O)=O)CN1C(=O)OC(C)(C)C. The molecule has 22 heavy (non-hydrogen) atoms. The Labute approximate surface area is 142 Å². The van der Waals surface area contributed by atoms with Crippen LogP contribution in [0.4, 0.5) is 4.79 Å². The van der Waals surface area contributed by atoms with Crippen LogP contribution in [0.15, 0.2) is 0 Å². The Morgan fingerprint density at radius 1 is 1.41 bits per heavy atom. The molecule has 0 unspecified atom stereocenters. The van der Waals surface area contributed by atoms with Crippen molar-refractivity contribution in [3.05, 3.63) is 0 Å². The molecule has 1 amide bonds. The van der Waals surface area contributed by atoms with Gasteiger partial charge in [0.1, 0.15) is 5.60 Å². The third kappa shape index (κ3) is 6.52. The molecule has 0 aliphatic carbocycles. The summed E-state index contributed by atoms with van der Waals surface area (Å²) in [5, 5.41) is 0. The van der Waals surface area contributed by atoms with Crippen molar-refractivity contribution < 1.29 is 30.4 Å². The van der Waals surface area contributed by atoms with Gasteiger partial charge >= 0.3 is 6.09 Å². The lowest BCUT2D eigenvalue weighted by atomic mass is 9.93. The molecule has 1 aliphatic rings. The molecule has 0 bridgehead atoms. The summed E-state index contributed by atoms with van der Waals surface area (Å²) in [4.78, 5) is 13.5. The molecule has 1 heterocycles. The summed E-state index contributed by atoms with van der Waals surface area (Å²) in [5.74, 6) is -0.448. The van der Waals surface area contributed by atoms with Gasteiger partial charge in [-0.1, -0.05) is 0 Å². The summed E-state index contributed by atoms with van der Waals surface area (Å²) in [7, 11) is -3.60. The summed E-state index contributed by atoms with van der Waals surface area (Å²) in [5.41, 5.74) is -3.29. The number of rotatable bonds is 5. The van der Waals surface area contributed by atoms with Crippen molar-refractivity contribution in [3.8, 4) is 0 Å². The van der Waals surface area contributed by atoms with E-state index in [9.17, 15) is 13.2 Å². The zero-order chi connectivity index (χ0) is 22.2. The second-order valence-corrected chi connectivity index (χ2v) is 8.33. The van der Waals surface area contributed by atoms with Gasteiger partial charge in [0.05, 0.1) is 12.9 Å². The zero-order valence-corrected chi connectivity index (χ0v) is 14.3. The molecule has 1 rings (SSSR count). The van der Waals surface area contributed by atoms with E-state index in [1.807, 2.05) is 0 Å². The molecule has 0 aromatic rings. The fraction of sp³-hybridized carbons (Fsp3) is 0.933. The second kappa shape index (κ2) is 6.74. The Morgan fingerprint density at radius 2 is 2.05 bits per heavy atom. The van der Waals surface area contributed by atoms with Crippen LogP contribution in [0.2, 0.25) is 0 Å². The highest BCUT2D eigenvalue weighted by Gasteiger charge is 2.42. The van der Waals surface area contributed by atoms with Crippen molar-refractivity contribution in [2.45, 2.75) is 64.9 Å². The number of hydrogen-bond donors (Lipinski definition) is 0. The first-order valence-electron chi connectivity index (χ1n) is 10.2. The van der Waals surface area contributed by atoms with E-state index < -0.39 is 47.0 Å². The van der Waals surface area contributed by atoms with Gasteiger partial charge < -0.3 is 9.64 Å². The maximum Gasteiger partial charge on any atom is 0.410 e. The summed E-state index contributed by atoms with van der Waals surface area (Å²) in [6.45, 7) is -1.32. The first-order chi connectivity index (χ1) is 12.3. The van der Waals surface area contributed by atoms with Crippen LogP contribution >= 0.6 is 0 Å². The molecule has 0 radical (unpaired) electrons. The maximum atomic E-state index is 12.7. The number of ether oxygens (including phenoxy) is 1. The van der Waals surface area contributed by atoms with E-state index >= 15 is 0 Å². The standard InChI is InChI=1S/C15H29NO5S/c1-14(2,3)21-13(17)16-11-12(10-15(16,4)5)8-7-9-20-22(6,18)19/h12H,7-11H2,1-6H3/t12-/m0/s1/i4D3,5D3. The Morgan fingerprint density at radius 3 is 2.55 bits per heavy atom. The third-order valence-electron chi connectivity index (χ3n) is 3.15. The molecular formula is C15H29NO5S. The first-order valence-corrected chi connectivity index (χ1v) is 8.97. The number of carbonyl (C=O) groups is 1.